The molecule has 7 nitrogen and oxygen atoms in total. The zero-order chi connectivity index (χ0) is 17.0. The molecule has 23 heavy (non-hydrogen) atoms. The first-order valence-electron chi connectivity index (χ1n) is 6.84. The summed E-state index contributed by atoms with van der Waals surface area (Å²) in [4.78, 5) is 10.6. The average Bonchev–Trinajstić information content (AvgIpc) is 2.46. The molecule has 0 saturated carbocycles. The van der Waals surface area contributed by atoms with Gasteiger partial charge < -0.3 is 5.32 Å². The molecule has 0 spiro atoms. The molecule has 0 aliphatic rings. The van der Waals surface area contributed by atoms with Gasteiger partial charge in [-0.05, 0) is 30.7 Å². The maximum atomic E-state index is 11.2. The van der Waals surface area contributed by atoms with Crippen molar-refractivity contribution in [3.05, 3.63) is 64.2 Å². The number of nitro benzene ring substituents is 1. The largest absolute Gasteiger partial charge is 0.373 e. The second-order valence-electron chi connectivity index (χ2n) is 5.14. The van der Waals surface area contributed by atoms with E-state index in [1.807, 2.05) is 6.92 Å². The van der Waals surface area contributed by atoms with Crippen molar-refractivity contribution in [2.45, 2.75) is 13.0 Å². The fraction of sp³-hybridized carbons (Fsp3) is 0.200. The van der Waals surface area contributed by atoms with Crippen molar-refractivity contribution in [3.8, 4) is 0 Å². The number of nitrogens with one attached hydrogen (secondary N) is 2. The number of hydrogen-bond acceptors (Lipinski definition) is 5. The number of benzene rings is 2. The van der Waals surface area contributed by atoms with E-state index in [1.54, 1.807) is 42.5 Å². The van der Waals surface area contributed by atoms with Crippen LogP contribution in [0.2, 0.25) is 0 Å². The number of hydrogen-bond donors (Lipinski definition) is 2. The molecule has 0 fully saturated rings. The Hall–Kier alpha value is -2.61. The number of para-hydroxylation sites is 2. The lowest BCUT2D eigenvalue weighted by Crippen LogP contribution is -2.10. The van der Waals surface area contributed by atoms with E-state index >= 15 is 0 Å². The topological polar surface area (TPSA) is 101 Å². The predicted octanol–water partition coefficient (Wildman–Crippen LogP) is 3.14. The summed E-state index contributed by atoms with van der Waals surface area (Å²) in [7, 11) is -3.31. The summed E-state index contributed by atoms with van der Waals surface area (Å²) in [5.74, 6) is 0. The Bertz CT molecular complexity index is 804. The molecular formula is C15H17N3O4S. The second kappa shape index (κ2) is 6.66. The van der Waals surface area contributed by atoms with Crippen LogP contribution in [0.1, 0.15) is 18.5 Å². The van der Waals surface area contributed by atoms with Crippen LogP contribution in [0.5, 0.6) is 0 Å². The number of rotatable bonds is 6. The van der Waals surface area contributed by atoms with Gasteiger partial charge in [0.1, 0.15) is 5.69 Å². The third-order valence-electron chi connectivity index (χ3n) is 3.19. The van der Waals surface area contributed by atoms with E-state index < -0.39 is 14.9 Å². The van der Waals surface area contributed by atoms with Crippen molar-refractivity contribution < 1.29 is 13.3 Å². The molecule has 8 heteroatoms. The molecule has 0 aromatic heterocycles. The van der Waals surface area contributed by atoms with E-state index in [1.165, 1.54) is 6.07 Å². The fourth-order valence-electron chi connectivity index (χ4n) is 2.13. The molecule has 0 aliphatic carbocycles. The number of sulfonamides is 1. The van der Waals surface area contributed by atoms with Gasteiger partial charge in [-0.25, -0.2) is 8.42 Å². The Morgan fingerprint density at radius 1 is 1.09 bits per heavy atom. The Balaban J connectivity index is 2.15. The Morgan fingerprint density at radius 2 is 1.70 bits per heavy atom. The monoisotopic (exact) mass is 335 g/mol. The lowest BCUT2D eigenvalue weighted by Gasteiger charge is -2.16. The van der Waals surface area contributed by atoms with Crippen molar-refractivity contribution in [3.63, 3.8) is 0 Å². The van der Waals surface area contributed by atoms with Gasteiger partial charge in [0.15, 0.2) is 0 Å². The predicted molar refractivity (Wildman–Crippen MR) is 90.0 cm³/mol. The maximum Gasteiger partial charge on any atom is 0.292 e. The van der Waals surface area contributed by atoms with Gasteiger partial charge in [-0.3, -0.25) is 14.8 Å². The van der Waals surface area contributed by atoms with Crippen molar-refractivity contribution in [2.24, 2.45) is 0 Å². The zero-order valence-corrected chi connectivity index (χ0v) is 13.5. The van der Waals surface area contributed by atoms with E-state index in [2.05, 4.69) is 10.0 Å². The Kier molecular flexibility index (Phi) is 4.85. The molecule has 2 aromatic rings. The van der Waals surface area contributed by atoms with Gasteiger partial charge in [0.2, 0.25) is 10.0 Å². The van der Waals surface area contributed by atoms with E-state index in [9.17, 15) is 18.5 Å². The van der Waals surface area contributed by atoms with Gasteiger partial charge in [-0.15, -0.1) is 0 Å². The van der Waals surface area contributed by atoms with Crippen LogP contribution in [0.15, 0.2) is 48.5 Å². The standard InChI is InChI=1S/C15H17N3O4S/c1-11(16-14-5-3-4-6-15(14)18(19)20)12-7-9-13(10-8-12)17-23(2,21)22/h3-11,16-17H,1-2H3. The Morgan fingerprint density at radius 3 is 2.26 bits per heavy atom. The highest BCUT2D eigenvalue weighted by Gasteiger charge is 2.15. The number of anilines is 2. The van der Waals surface area contributed by atoms with Crippen LogP contribution in [0, 0.1) is 10.1 Å². The quantitative estimate of drug-likeness (QED) is 0.624. The third-order valence-corrected chi connectivity index (χ3v) is 3.79. The molecule has 2 rings (SSSR count). The summed E-state index contributed by atoms with van der Waals surface area (Å²) < 4.78 is 24.7. The van der Waals surface area contributed by atoms with Gasteiger partial charge in [-0.1, -0.05) is 24.3 Å². The summed E-state index contributed by atoms with van der Waals surface area (Å²) in [6.07, 6.45) is 1.08. The molecule has 0 heterocycles. The van der Waals surface area contributed by atoms with Crippen molar-refractivity contribution in [1.29, 1.82) is 0 Å². The first-order chi connectivity index (χ1) is 10.8. The maximum absolute atomic E-state index is 11.2. The fourth-order valence-corrected chi connectivity index (χ4v) is 2.69. The zero-order valence-electron chi connectivity index (χ0n) is 12.7. The van der Waals surface area contributed by atoms with E-state index in [0.717, 1.165) is 11.8 Å². The van der Waals surface area contributed by atoms with Gasteiger partial charge in [-0.2, -0.15) is 0 Å². The molecule has 0 aliphatic heterocycles. The minimum atomic E-state index is -3.31. The van der Waals surface area contributed by atoms with Crippen LogP contribution in [0.25, 0.3) is 0 Å². The van der Waals surface area contributed by atoms with E-state index in [0.29, 0.717) is 11.4 Å². The van der Waals surface area contributed by atoms with E-state index in [4.69, 9.17) is 0 Å². The van der Waals surface area contributed by atoms with E-state index in [-0.39, 0.29) is 11.7 Å². The van der Waals surface area contributed by atoms with Crippen LogP contribution in [-0.2, 0) is 10.0 Å². The van der Waals surface area contributed by atoms with Crippen LogP contribution in [0.3, 0.4) is 0 Å². The minimum Gasteiger partial charge on any atom is -0.373 e. The highest BCUT2D eigenvalue weighted by molar-refractivity contribution is 7.92. The van der Waals surface area contributed by atoms with Crippen LogP contribution in [-0.4, -0.2) is 19.6 Å². The summed E-state index contributed by atoms with van der Waals surface area (Å²) in [5.41, 5.74) is 1.79. The smallest absolute Gasteiger partial charge is 0.292 e. The second-order valence-corrected chi connectivity index (χ2v) is 6.88. The van der Waals surface area contributed by atoms with Crippen LogP contribution in [0.4, 0.5) is 17.1 Å². The van der Waals surface area contributed by atoms with Gasteiger partial charge in [0, 0.05) is 17.8 Å². The summed E-state index contributed by atoms with van der Waals surface area (Å²) in [6.45, 7) is 1.87. The minimum absolute atomic E-state index is 0.00899. The average molecular weight is 335 g/mol. The lowest BCUT2D eigenvalue weighted by atomic mass is 10.1. The molecule has 0 amide bonds. The number of nitro groups is 1. The highest BCUT2D eigenvalue weighted by atomic mass is 32.2. The lowest BCUT2D eigenvalue weighted by molar-refractivity contribution is -0.384. The van der Waals surface area contributed by atoms with Crippen LogP contribution < -0.4 is 10.0 Å². The molecule has 0 bridgehead atoms. The molecule has 122 valence electrons. The summed E-state index contributed by atoms with van der Waals surface area (Å²) in [5, 5.41) is 14.1. The third kappa shape index (κ3) is 4.68. The van der Waals surface area contributed by atoms with Crippen LogP contribution >= 0.6 is 0 Å². The van der Waals surface area contributed by atoms with Crippen molar-refractivity contribution in [2.75, 3.05) is 16.3 Å². The first-order valence-corrected chi connectivity index (χ1v) is 8.73. The summed E-state index contributed by atoms with van der Waals surface area (Å²) in [6, 6.07) is 13.1. The number of nitrogens with zero attached hydrogens (tertiary/aromatic N) is 1. The van der Waals surface area contributed by atoms with Crippen molar-refractivity contribution >= 4 is 27.1 Å². The van der Waals surface area contributed by atoms with Crippen molar-refractivity contribution in [1.82, 2.24) is 0 Å². The molecule has 0 radical (unpaired) electrons. The first kappa shape index (κ1) is 16.8. The molecule has 2 N–H and O–H groups in total. The molecule has 0 saturated heterocycles. The highest BCUT2D eigenvalue weighted by Crippen LogP contribution is 2.28. The van der Waals surface area contributed by atoms with Gasteiger partial charge in [0.25, 0.3) is 5.69 Å². The van der Waals surface area contributed by atoms with Gasteiger partial charge in [0.05, 0.1) is 11.2 Å². The molecule has 1 atom stereocenters. The molecule has 2 aromatic carbocycles. The van der Waals surface area contributed by atoms with Gasteiger partial charge >= 0.3 is 0 Å². The normalized spacial score (nSPS) is 12.4. The molecular weight excluding hydrogens is 318 g/mol. The molecule has 1 unspecified atom stereocenters. The Labute approximate surface area is 134 Å². The summed E-state index contributed by atoms with van der Waals surface area (Å²) >= 11 is 0. The SMILES string of the molecule is CC(Nc1ccccc1[N+](=O)[O-])c1ccc(NS(C)(=O)=O)cc1.